The summed E-state index contributed by atoms with van der Waals surface area (Å²) in [6, 6.07) is 18.3. The highest BCUT2D eigenvalue weighted by molar-refractivity contribution is 6.76. The fourth-order valence-corrected chi connectivity index (χ4v) is 8.93. The molecule has 0 fully saturated rings. The van der Waals surface area contributed by atoms with Crippen LogP contribution >= 0.6 is 0 Å². The summed E-state index contributed by atoms with van der Waals surface area (Å²) in [6.45, 7) is 16.1. The van der Waals surface area contributed by atoms with Gasteiger partial charge in [0.1, 0.15) is 41.7 Å². The number of carbonyl (C=O) groups excluding carboxylic acids is 1. The quantitative estimate of drug-likeness (QED) is 0.0567. The first-order valence-electron chi connectivity index (χ1n) is 20.8. The van der Waals surface area contributed by atoms with Gasteiger partial charge in [-0.25, -0.2) is 19.9 Å². The van der Waals surface area contributed by atoms with Crippen LogP contribution in [0.15, 0.2) is 73.3 Å². The van der Waals surface area contributed by atoms with Gasteiger partial charge in [-0.1, -0.05) is 39.3 Å². The molecular formula is C46H58N8O6Si2. The number of methoxy groups -OCH3 is 2. The van der Waals surface area contributed by atoms with Crippen LogP contribution in [0.5, 0.6) is 11.5 Å². The highest BCUT2D eigenvalue weighted by atomic mass is 28.3. The number of hydrogen-bond donors (Lipinski definition) is 1. The summed E-state index contributed by atoms with van der Waals surface area (Å²) < 4.78 is 31.4. The molecule has 2 aromatic carbocycles. The van der Waals surface area contributed by atoms with Crippen molar-refractivity contribution >= 4 is 66.6 Å². The molecule has 14 nitrogen and oxygen atoms in total. The van der Waals surface area contributed by atoms with Crippen LogP contribution in [-0.4, -0.2) is 93.2 Å². The van der Waals surface area contributed by atoms with Crippen molar-refractivity contribution in [1.29, 1.82) is 0 Å². The second kappa shape index (κ2) is 18.4. The van der Waals surface area contributed by atoms with Gasteiger partial charge < -0.3 is 33.2 Å². The monoisotopic (exact) mass is 874 g/mol. The summed E-state index contributed by atoms with van der Waals surface area (Å²) in [4.78, 5) is 29.3. The summed E-state index contributed by atoms with van der Waals surface area (Å²) in [7, 11) is 5.05. The molecule has 0 atom stereocenters. The van der Waals surface area contributed by atoms with E-state index in [1.807, 2.05) is 49.0 Å². The minimum Gasteiger partial charge on any atom is -0.497 e. The largest absolute Gasteiger partial charge is 0.497 e. The van der Waals surface area contributed by atoms with E-state index in [0.29, 0.717) is 42.6 Å². The number of nitrogens with zero attached hydrogens (tertiary/aromatic N) is 8. The fraction of sp³-hybridized carbons (Fsp3) is 0.370. The number of carbonyl (C=O) groups is 1. The molecule has 326 valence electrons. The normalized spacial score (nSPS) is 12.1. The lowest BCUT2D eigenvalue weighted by molar-refractivity contribution is 0.0908. The minimum atomic E-state index is -1.18. The van der Waals surface area contributed by atoms with E-state index in [1.54, 1.807) is 20.4 Å². The zero-order valence-corrected chi connectivity index (χ0v) is 39.5. The van der Waals surface area contributed by atoms with E-state index < -0.39 is 16.1 Å². The molecule has 0 saturated carbocycles. The van der Waals surface area contributed by atoms with Crippen LogP contribution in [0.1, 0.15) is 16.2 Å². The predicted octanol–water partition coefficient (Wildman–Crippen LogP) is 9.13. The smallest absolute Gasteiger partial charge is 0.170 e. The molecule has 6 heterocycles. The van der Waals surface area contributed by atoms with Gasteiger partial charge >= 0.3 is 0 Å². The maximum Gasteiger partial charge on any atom is 0.170 e. The van der Waals surface area contributed by atoms with Crippen molar-refractivity contribution in [2.24, 2.45) is 14.1 Å². The molecule has 8 aromatic rings. The lowest BCUT2D eigenvalue weighted by Crippen LogP contribution is -2.22. The Kier molecular flexibility index (Phi) is 13.2. The zero-order valence-electron chi connectivity index (χ0n) is 37.5. The molecule has 62 heavy (non-hydrogen) atoms. The number of aryl methyl sites for hydroxylation is 2. The number of aliphatic hydroxyl groups excluding tert-OH is 1. The molecule has 6 aromatic heterocycles. The molecule has 8 rings (SSSR count). The molecule has 0 unspecified atom stereocenters. The lowest BCUT2D eigenvalue weighted by atomic mass is 10.1. The fourth-order valence-electron chi connectivity index (χ4n) is 7.41. The number of aldehydes is 1. The van der Waals surface area contributed by atoms with Crippen molar-refractivity contribution in [3.63, 3.8) is 0 Å². The molecule has 16 heteroatoms. The number of rotatable bonds is 16. The van der Waals surface area contributed by atoms with Crippen LogP contribution < -0.4 is 9.47 Å². The minimum absolute atomic E-state index is 0.137. The third-order valence-electron chi connectivity index (χ3n) is 10.9. The van der Waals surface area contributed by atoms with Gasteiger partial charge in [-0.15, -0.1) is 0 Å². The standard InChI is InChI=1S/C23H30N4O3Si.C23H28N4O3Si/c2*1-26-13-19(18-10-17(29-2)6-7-21(18)26)22-11-20-23(24-12-16(14-28)25-20)27(22)15-30-8-9-31(3,4)5/h6-7,10-13,28H,8-9,14-15H2,1-5H3;6-7,10-14H,8-9,15H2,1-5H3. The van der Waals surface area contributed by atoms with E-state index in [9.17, 15) is 9.90 Å². The molecule has 0 aliphatic heterocycles. The van der Waals surface area contributed by atoms with Crippen molar-refractivity contribution in [3.8, 4) is 34.0 Å². The van der Waals surface area contributed by atoms with Crippen LogP contribution in [0.2, 0.25) is 51.4 Å². The van der Waals surface area contributed by atoms with Crippen LogP contribution in [0.25, 0.3) is 66.6 Å². The second-order valence-electron chi connectivity index (χ2n) is 18.0. The zero-order chi connectivity index (χ0) is 44.3. The topological polar surface area (TPSA) is 146 Å². The third-order valence-corrected chi connectivity index (χ3v) is 14.3. The molecule has 1 N–H and O–H groups in total. The van der Waals surface area contributed by atoms with Crippen LogP contribution in [-0.2, 0) is 43.6 Å². The molecule has 0 radical (unpaired) electrons. The van der Waals surface area contributed by atoms with E-state index in [1.165, 1.54) is 6.20 Å². The van der Waals surface area contributed by atoms with Crippen molar-refractivity contribution in [3.05, 3.63) is 84.7 Å². The average Bonchev–Trinajstić information content (AvgIpc) is 3.99. The number of fused-ring (bicyclic) bond motifs is 4. The second-order valence-corrected chi connectivity index (χ2v) is 29.3. The van der Waals surface area contributed by atoms with E-state index in [4.69, 9.17) is 18.9 Å². The predicted molar refractivity (Wildman–Crippen MR) is 252 cm³/mol. The molecule has 0 aliphatic rings. The Balaban J connectivity index is 0.000000186. The summed E-state index contributed by atoms with van der Waals surface area (Å²) in [6.07, 6.45) is 8.05. The lowest BCUT2D eigenvalue weighted by Gasteiger charge is -2.16. The van der Waals surface area contributed by atoms with Gasteiger partial charge in [0.25, 0.3) is 0 Å². The van der Waals surface area contributed by atoms with Gasteiger partial charge in [0.15, 0.2) is 17.6 Å². The number of hydrogen-bond acceptors (Lipinski definition) is 10. The van der Waals surface area contributed by atoms with Gasteiger partial charge in [0, 0.05) is 88.8 Å². The number of aromatic nitrogens is 8. The Morgan fingerprint density at radius 3 is 1.56 bits per heavy atom. The van der Waals surface area contributed by atoms with E-state index >= 15 is 0 Å². The first-order valence-corrected chi connectivity index (χ1v) is 28.2. The van der Waals surface area contributed by atoms with Crippen LogP contribution in [0.4, 0.5) is 0 Å². The highest BCUT2D eigenvalue weighted by Gasteiger charge is 2.21. The summed E-state index contributed by atoms with van der Waals surface area (Å²) in [5, 5.41) is 11.7. The van der Waals surface area contributed by atoms with Crippen LogP contribution in [0, 0.1) is 0 Å². The molecule has 0 bridgehead atoms. The Morgan fingerprint density at radius 2 is 1.13 bits per heavy atom. The van der Waals surface area contributed by atoms with Gasteiger partial charge in [-0.2, -0.15) is 0 Å². The van der Waals surface area contributed by atoms with E-state index in [2.05, 4.69) is 104 Å². The van der Waals surface area contributed by atoms with E-state index in [0.717, 1.165) is 92.0 Å². The van der Waals surface area contributed by atoms with Crippen molar-refractivity contribution in [2.45, 2.75) is 71.4 Å². The van der Waals surface area contributed by atoms with Gasteiger partial charge in [-0.05, 0) is 60.6 Å². The Bertz CT molecular complexity index is 2860. The number of aliphatic hydroxyl groups is 1. The Labute approximate surface area is 364 Å². The molecule has 0 aliphatic carbocycles. The SMILES string of the molecule is COc1ccc2c(c1)c(-c1cc3nc(C=O)cnc3n1COCC[Si](C)(C)C)cn2C.COc1ccc2c(c1)c(-c1cc3nc(CO)cnc3n1COCC[Si](C)(C)C)cn2C. The molecule has 0 spiro atoms. The van der Waals surface area contributed by atoms with Crippen molar-refractivity contribution in [2.75, 3.05) is 27.4 Å². The summed E-state index contributed by atoms with van der Waals surface area (Å²) in [5.74, 6) is 1.61. The number of ether oxygens (including phenoxy) is 4. The Morgan fingerprint density at radius 1 is 0.661 bits per heavy atom. The molecular weight excluding hydrogens is 817 g/mol. The Hall–Kier alpha value is -5.66. The average molecular weight is 875 g/mol. The third kappa shape index (κ3) is 9.69. The van der Waals surface area contributed by atoms with Crippen molar-refractivity contribution in [1.82, 2.24) is 38.2 Å². The summed E-state index contributed by atoms with van der Waals surface area (Å²) in [5.41, 5.74) is 9.99. The van der Waals surface area contributed by atoms with Crippen molar-refractivity contribution < 1.29 is 28.8 Å². The maximum absolute atomic E-state index is 11.2. The van der Waals surface area contributed by atoms with Crippen LogP contribution in [0.3, 0.4) is 0 Å². The van der Waals surface area contributed by atoms with Gasteiger partial charge in [0.05, 0.1) is 50.3 Å². The van der Waals surface area contributed by atoms with Gasteiger partial charge in [0.2, 0.25) is 0 Å². The highest BCUT2D eigenvalue weighted by Crippen LogP contribution is 2.37. The maximum atomic E-state index is 11.2. The molecule has 0 saturated heterocycles. The van der Waals surface area contributed by atoms with Gasteiger partial charge in [-0.3, -0.25) is 13.9 Å². The first kappa shape index (κ1) is 44.4. The summed E-state index contributed by atoms with van der Waals surface area (Å²) >= 11 is 0. The van der Waals surface area contributed by atoms with E-state index in [-0.39, 0.29) is 6.61 Å². The number of benzene rings is 2. The molecule has 0 amide bonds. The first-order chi connectivity index (χ1) is 29.6.